The fraction of sp³-hybridized carbons (Fsp3) is 0.300. The maximum atomic E-state index is 13.3. The molecule has 3 N–H and O–H groups in total. The number of benzene rings is 1. The van der Waals surface area contributed by atoms with E-state index in [0.29, 0.717) is 17.1 Å². The van der Waals surface area contributed by atoms with Crippen LogP contribution in [0, 0.1) is 5.82 Å². The van der Waals surface area contributed by atoms with E-state index < -0.39 is 6.09 Å². The molecule has 0 saturated carbocycles. The number of nitrogens with two attached hydrogens (primary N) is 1. The van der Waals surface area contributed by atoms with Crippen LogP contribution in [0.5, 0.6) is 0 Å². The first-order valence-corrected chi connectivity index (χ1v) is 5.05. The molecular weight excluding hydrogens is 235 g/mol. The van der Waals surface area contributed by atoms with E-state index in [9.17, 15) is 9.18 Å². The van der Waals surface area contributed by atoms with Gasteiger partial charge in [0.15, 0.2) is 0 Å². The molecule has 1 rings (SSSR count). The van der Waals surface area contributed by atoms with Crippen LogP contribution in [0.25, 0.3) is 0 Å². The third-order valence-corrected chi connectivity index (χ3v) is 2.24. The molecule has 0 aliphatic carbocycles. The number of hydrogen-bond donors (Lipinski definition) is 2. The van der Waals surface area contributed by atoms with Crippen molar-refractivity contribution in [2.45, 2.75) is 6.54 Å². The van der Waals surface area contributed by atoms with Gasteiger partial charge >= 0.3 is 6.09 Å². The number of halogens is 2. The number of primary amides is 1. The van der Waals surface area contributed by atoms with Crippen LogP contribution >= 0.6 is 11.6 Å². The zero-order valence-corrected chi connectivity index (χ0v) is 9.26. The summed E-state index contributed by atoms with van der Waals surface area (Å²) in [4.78, 5) is 10.2. The van der Waals surface area contributed by atoms with Crippen molar-refractivity contribution in [1.82, 2.24) is 5.32 Å². The van der Waals surface area contributed by atoms with Crippen LogP contribution in [0.4, 0.5) is 9.18 Å². The van der Waals surface area contributed by atoms with E-state index in [0.717, 1.165) is 0 Å². The minimum Gasteiger partial charge on any atom is -0.448 e. The highest BCUT2D eigenvalue weighted by atomic mass is 35.5. The van der Waals surface area contributed by atoms with Crippen LogP contribution in [-0.2, 0) is 11.3 Å². The molecule has 0 radical (unpaired) electrons. The Morgan fingerprint density at radius 1 is 1.56 bits per heavy atom. The van der Waals surface area contributed by atoms with E-state index in [1.54, 1.807) is 6.07 Å². The lowest BCUT2D eigenvalue weighted by Gasteiger charge is -2.07. The summed E-state index contributed by atoms with van der Waals surface area (Å²) in [5, 5.41) is 3.25. The predicted molar refractivity (Wildman–Crippen MR) is 58.7 cm³/mol. The van der Waals surface area contributed by atoms with Crippen LogP contribution < -0.4 is 11.1 Å². The van der Waals surface area contributed by atoms with Gasteiger partial charge < -0.3 is 15.8 Å². The molecule has 0 aliphatic heterocycles. The molecule has 0 bridgehead atoms. The summed E-state index contributed by atoms with van der Waals surface area (Å²) in [6.07, 6.45) is -0.828. The van der Waals surface area contributed by atoms with E-state index in [2.05, 4.69) is 10.1 Å². The molecular formula is C10H12ClFN2O2. The first-order valence-electron chi connectivity index (χ1n) is 4.67. The lowest BCUT2D eigenvalue weighted by Crippen LogP contribution is -2.23. The molecule has 0 aliphatic rings. The molecule has 0 aromatic heterocycles. The van der Waals surface area contributed by atoms with Crippen molar-refractivity contribution in [1.29, 1.82) is 0 Å². The summed E-state index contributed by atoms with van der Waals surface area (Å²) in [5.74, 6) is -0.365. The highest BCUT2D eigenvalue weighted by molar-refractivity contribution is 6.31. The molecule has 1 aromatic rings. The third-order valence-electron chi connectivity index (χ3n) is 1.89. The number of carbonyl (C=O) groups excluding carboxylic acids is 1. The van der Waals surface area contributed by atoms with Crippen LogP contribution in [0.2, 0.25) is 5.02 Å². The Labute approximate surface area is 97.5 Å². The number of ether oxygens (including phenoxy) is 1. The van der Waals surface area contributed by atoms with Gasteiger partial charge in [-0.05, 0) is 12.1 Å². The Morgan fingerprint density at radius 3 is 2.94 bits per heavy atom. The van der Waals surface area contributed by atoms with Gasteiger partial charge in [0.1, 0.15) is 12.4 Å². The second-order valence-corrected chi connectivity index (χ2v) is 3.45. The first kappa shape index (κ1) is 12.7. The maximum Gasteiger partial charge on any atom is 0.404 e. The number of hydrogen-bond acceptors (Lipinski definition) is 3. The predicted octanol–water partition coefficient (Wildman–Crippen LogP) is 1.66. The van der Waals surface area contributed by atoms with Gasteiger partial charge in [-0.15, -0.1) is 0 Å². The molecule has 1 aromatic carbocycles. The minimum absolute atomic E-state index is 0.140. The number of nitrogens with one attached hydrogen (secondary N) is 1. The smallest absolute Gasteiger partial charge is 0.404 e. The average molecular weight is 247 g/mol. The highest BCUT2D eigenvalue weighted by Crippen LogP contribution is 2.18. The minimum atomic E-state index is -0.828. The largest absolute Gasteiger partial charge is 0.448 e. The van der Waals surface area contributed by atoms with Crippen molar-refractivity contribution >= 4 is 17.7 Å². The summed E-state index contributed by atoms with van der Waals surface area (Å²) in [6.45, 7) is 0.794. The Balaban J connectivity index is 2.34. The molecule has 6 heteroatoms. The van der Waals surface area contributed by atoms with Crippen LogP contribution in [-0.4, -0.2) is 19.2 Å². The van der Waals surface area contributed by atoms with Gasteiger partial charge in [0, 0.05) is 23.7 Å². The highest BCUT2D eigenvalue weighted by Gasteiger charge is 2.05. The van der Waals surface area contributed by atoms with E-state index in [4.69, 9.17) is 17.3 Å². The fourth-order valence-corrected chi connectivity index (χ4v) is 1.37. The summed E-state index contributed by atoms with van der Waals surface area (Å²) in [5.41, 5.74) is 5.16. The third kappa shape index (κ3) is 4.04. The number of carbonyl (C=O) groups is 1. The van der Waals surface area contributed by atoms with Crippen molar-refractivity contribution in [2.75, 3.05) is 13.2 Å². The summed E-state index contributed by atoms with van der Waals surface area (Å²) in [7, 11) is 0. The molecule has 0 atom stereocenters. The fourth-order valence-electron chi connectivity index (χ4n) is 1.14. The van der Waals surface area contributed by atoms with Crippen molar-refractivity contribution in [3.05, 3.63) is 34.6 Å². The Kier molecular flexibility index (Phi) is 5.01. The summed E-state index contributed by atoms with van der Waals surface area (Å²) >= 11 is 5.81. The zero-order valence-electron chi connectivity index (χ0n) is 8.50. The van der Waals surface area contributed by atoms with Gasteiger partial charge in [-0.1, -0.05) is 17.7 Å². The average Bonchev–Trinajstić information content (AvgIpc) is 2.21. The summed E-state index contributed by atoms with van der Waals surface area (Å²) < 4.78 is 17.7. The van der Waals surface area contributed by atoms with E-state index in [-0.39, 0.29) is 19.0 Å². The second-order valence-electron chi connectivity index (χ2n) is 3.04. The Morgan fingerprint density at radius 2 is 2.31 bits per heavy atom. The zero-order chi connectivity index (χ0) is 12.0. The van der Waals surface area contributed by atoms with Gasteiger partial charge in [0.2, 0.25) is 0 Å². The van der Waals surface area contributed by atoms with Crippen LogP contribution in [0.1, 0.15) is 5.56 Å². The molecule has 0 saturated heterocycles. The maximum absolute atomic E-state index is 13.3. The molecule has 88 valence electrons. The van der Waals surface area contributed by atoms with Crippen molar-refractivity contribution in [3.63, 3.8) is 0 Å². The molecule has 0 fully saturated rings. The van der Waals surface area contributed by atoms with Gasteiger partial charge in [0.25, 0.3) is 0 Å². The van der Waals surface area contributed by atoms with Gasteiger partial charge in [-0.25, -0.2) is 9.18 Å². The molecule has 0 unspecified atom stereocenters. The SMILES string of the molecule is NC(=O)OCCNCc1c(F)cccc1Cl. The first-order chi connectivity index (χ1) is 7.61. The Bertz CT molecular complexity index is 354. The summed E-state index contributed by atoms with van der Waals surface area (Å²) in [6, 6.07) is 4.49. The lowest BCUT2D eigenvalue weighted by atomic mass is 10.2. The monoisotopic (exact) mass is 246 g/mol. The quantitative estimate of drug-likeness (QED) is 0.777. The molecule has 1 amide bonds. The van der Waals surface area contributed by atoms with Gasteiger partial charge in [0.05, 0.1) is 0 Å². The van der Waals surface area contributed by atoms with Crippen LogP contribution in [0.15, 0.2) is 18.2 Å². The van der Waals surface area contributed by atoms with E-state index in [1.807, 2.05) is 0 Å². The molecule has 0 spiro atoms. The van der Waals surface area contributed by atoms with Crippen LogP contribution in [0.3, 0.4) is 0 Å². The topological polar surface area (TPSA) is 64.4 Å². The standard InChI is InChI=1S/C10H12ClFN2O2/c11-8-2-1-3-9(12)7(8)6-14-4-5-16-10(13)15/h1-3,14H,4-6H2,(H2,13,15). The normalized spacial score (nSPS) is 10.1. The molecule has 16 heavy (non-hydrogen) atoms. The molecule has 4 nitrogen and oxygen atoms in total. The van der Waals surface area contributed by atoms with E-state index in [1.165, 1.54) is 12.1 Å². The number of amides is 1. The van der Waals surface area contributed by atoms with Crippen molar-refractivity contribution in [2.24, 2.45) is 5.73 Å². The number of rotatable bonds is 5. The van der Waals surface area contributed by atoms with Gasteiger partial charge in [-0.2, -0.15) is 0 Å². The second kappa shape index (κ2) is 6.30. The van der Waals surface area contributed by atoms with E-state index >= 15 is 0 Å². The van der Waals surface area contributed by atoms with Crippen molar-refractivity contribution in [3.8, 4) is 0 Å². The van der Waals surface area contributed by atoms with Gasteiger partial charge in [-0.3, -0.25) is 0 Å². The Hall–Kier alpha value is -1.33. The van der Waals surface area contributed by atoms with Crippen molar-refractivity contribution < 1.29 is 13.9 Å². The lowest BCUT2D eigenvalue weighted by molar-refractivity contribution is 0.157. The molecule has 0 heterocycles.